The SMILES string of the molecule is NC(=O)C(Oc1ccc2c(c1Cl)CN1C(=N2)NC(=O)C1CO)N1CCCC2CCCCC21. The van der Waals surface area contributed by atoms with E-state index in [1.807, 2.05) is 0 Å². The molecule has 4 aliphatic rings. The van der Waals surface area contributed by atoms with Gasteiger partial charge in [-0.2, -0.15) is 0 Å². The Kier molecular flexibility index (Phi) is 5.73. The average Bonchev–Trinajstić information content (AvgIpc) is 3.11. The van der Waals surface area contributed by atoms with E-state index in [0.29, 0.717) is 46.5 Å². The topological polar surface area (TPSA) is 120 Å². The van der Waals surface area contributed by atoms with Crippen molar-refractivity contribution in [3.63, 3.8) is 0 Å². The fourth-order valence-electron chi connectivity index (χ4n) is 5.60. The van der Waals surface area contributed by atoms with E-state index in [-0.39, 0.29) is 12.5 Å². The van der Waals surface area contributed by atoms with Crippen molar-refractivity contribution in [2.45, 2.75) is 63.4 Å². The van der Waals surface area contributed by atoms with Crippen molar-refractivity contribution in [1.29, 1.82) is 0 Å². The number of hydrogen-bond donors (Lipinski definition) is 3. The van der Waals surface area contributed by atoms with Crippen LogP contribution in [0.5, 0.6) is 5.75 Å². The molecule has 0 bridgehead atoms. The monoisotopic (exact) mass is 461 g/mol. The molecule has 3 aliphatic heterocycles. The van der Waals surface area contributed by atoms with Gasteiger partial charge in [-0.3, -0.25) is 19.8 Å². The van der Waals surface area contributed by atoms with E-state index in [4.69, 9.17) is 22.1 Å². The first-order chi connectivity index (χ1) is 15.5. The summed E-state index contributed by atoms with van der Waals surface area (Å²) >= 11 is 6.71. The molecule has 9 nitrogen and oxygen atoms in total. The normalized spacial score (nSPS) is 28.2. The summed E-state index contributed by atoms with van der Waals surface area (Å²) in [5, 5.41) is 12.6. The van der Waals surface area contributed by atoms with Gasteiger partial charge in [0.15, 0.2) is 0 Å². The summed E-state index contributed by atoms with van der Waals surface area (Å²) in [5.41, 5.74) is 7.09. The second-order valence-electron chi connectivity index (χ2n) is 8.99. The Balaban J connectivity index is 1.42. The van der Waals surface area contributed by atoms with Gasteiger partial charge in [-0.25, -0.2) is 4.99 Å². The fourth-order valence-corrected chi connectivity index (χ4v) is 5.86. The standard InChI is InChI=1S/C22H28ClN5O4/c23-18-13-10-28-16(11-29)20(31)26-22(28)25-14(13)7-8-17(18)32-21(19(24)30)27-9-3-5-12-4-1-2-6-15(12)27/h7-8,12,15-16,21,29H,1-6,9-11H2,(H2,24,30)(H,25,26,31). The highest BCUT2D eigenvalue weighted by Crippen LogP contribution is 2.41. The van der Waals surface area contributed by atoms with E-state index >= 15 is 0 Å². The number of nitrogens with one attached hydrogen (secondary N) is 1. The van der Waals surface area contributed by atoms with Gasteiger partial charge in [0, 0.05) is 18.2 Å². The number of halogens is 1. The molecule has 0 radical (unpaired) electrons. The van der Waals surface area contributed by atoms with E-state index in [0.717, 1.165) is 25.8 Å². The summed E-state index contributed by atoms with van der Waals surface area (Å²) in [6, 6.07) is 3.04. The minimum atomic E-state index is -0.890. The first kappa shape index (κ1) is 21.5. The van der Waals surface area contributed by atoms with Crippen LogP contribution in [0.4, 0.5) is 5.69 Å². The Morgan fingerprint density at radius 3 is 2.88 bits per heavy atom. The van der Waals surface area contributed by atoms with Gasteiger partial charge in [0.1, 0.15) is 11.8 Å². The van der Waals surface area contributed by atoms with Crippen molar-refractivity contribution < 1.29 is 19.4 Å². The summed E-state index contributed by atoms with van der Waals surface area (Å²) in [6.07, 6.45) is 5.92. The lowest BCUT2D eigenvalue weighted by Crippen LogP contribution is -2.57. The molecule has 1 aromatic rings. The fraction of sp³-hybridized carbons (Fsp3) is 0.591. The van der Waals surface area contributed by atoms with Gasteiger partial charge < -0.3 is 20.5 Å². The Bertz CT molecular complexity index is 968. The number of carbonyl (C=O) groups is 2. The molecule has 1 saturated carbocycles. The lowest BCUT2D eigenvalue weighted by atomic mass is 9.78. The van der Waals surface area contributed by atoms with E-state index in [2.05, 4.69) is 15.2 Å². The molecule has 4 atom stereocenters. The number of hydrogen-bond acceptors (Lipinski definition) is 7. The van der Waals surface area contributed by atoms with Crippen molar-refractivity contribution >= 4 is 35.1 Å². The van der Waals surface area contributed by atoms with Crippen LogP contribution in [-0.2, 0) is 16.1 Å². The number of guanidine groups is 1. The average molecular weight is 462 g/mol. The highest BCUT2D eigenvalue weighted by molar-refractivity contribution is 6.33. The molecule has 4 N–H and O–H groups in total. The predicted molar refractivity (Wildman–Crippen MR) is 118 cm³/mol. The smallest absolute Gasteiger partial charge is 0.274 e. The zero-order valence-corrected chi connectivity index (χ0v) is 18.6. The van der Waals surface area contributed by atoms with Crippen LogP contribution < -0.4 is 15.8 Å². The van der Waals surface area contributed by atoms with Crippen LogP contribution in [0.1, 0.15) is 44.1 Å². The van der Waals surface area contributed by atoms with Gasteiger partial charge in [0.05, 0.1) is 23.9 Å². The Morgan fingerprint density at radius 2 is 2.09 bits per heavy atom. The second-order valence-corrected chi connectivity index (χ2v) is 9.37. The number of primary amides is 1. The number of aliphatic hydroxyl groups excluding tert-OH is 1. The van der Waals surface area contributed by atoms with E-state index in [9.17, 15) is 14.7 Å². The Hall–Kier alpha value is -2.36. The number of benzene rings is 1. The molecule has 3 heterocycles. The number of fused-ring (bicyclic) bond motifs is 3. The lowest BCUT2D eigenvalue weighted by Gasteiger charge is -2.46. The molecule has 1 aliphatic carbocycles. The van der Waals surface area contributed by atoms with Crippen molar-refractivity contribution in [1.82, 2.24) is 15.1 Å². The number of aliphatic imine (C=N–C) groups is 1. The van der Waals surface area contributed by atoms with E-state index in [1.165, 1.54) is 19.3 Å². The van der Waals surface area contributed by atoms with Crippen LogP contribution in [0.3, 0.4) is 0 Å². The zero-order valence-electron chi connectivity index (χ0n) is 17.8. The summed E-state index contributed by atoms with van der Waals surface area (Å²) in [7, 11) is 0. The third-order valence-corrected chi connectivity index (χ3v) is 7.58. The van der Waals surface area contributed by atoms with Crippen LogP contribution in [0, 0.1) is 5.92 Å². The molecule has 32 heavy (non-hydrogen) atoms. The van der Waals surface area contributed by atoms with Gasteiger partial charge in [-0.05, 0) is 43.7 Å². The summed E-state index contributed by atoms with van der Waals surface area (Å²) in [4.78, 5) is 32.8. The zero-order chi connectivity index (χ0) is 22.4. The molecule has 0 aromatic heterocycles. The molecule has 5 rings (SSSR count). The third-order valence-electron chi connectivity index (χ3n) is 7.17. The highest BCUT2D eigenvalue weighted by atomic mass is 35.5. The van der Waals surface area contributed by atoms with Crippen LogP contribution in [-0.4, -0.2) is 64.1 Å². The first-order valence-electron chi connectivity index (χ1n) is 11.3. The number of nitrogens with zero attached hydrogens (tertiary/aromatic N) is 3. The van der Waals surface area contributed by atoms with E-state index < -0.39 is 18.2 Å². The number of carbonyl (C=O) groups excluding carboxylic acids is 2. The molecule has 3 fully saturated rings. The summed E-state index contributed by atoms with van der Waals surface area (Å²) < 4.78 is 6.17. The first-order valence-corrected chi connectivity index (χ1v) is 11.7. The lowest BCUT2D eigenvalue weighted by molar-refractivity contribution is -0.140. The minimum absolute atomic E-state index is 0.295. The number of piperidine rings is 1. The van der Waals surface area contributed by atoms with Gasteiger partial charge in [-0.1, -0.05) is 24.4 Å². The van der Waals surface area contributed by atoms with E-state index in [1.54, 1.807) is 17.0 Å². The van der Waals surface area contributed by atoms with Gasteiger partial charge in [-0.15, -0.1) is 0 Å². The number of nitrogens with two attached hydrogens (primary N) is 1. The Labute approximate surface area is 191 Å². The maximum Gasteiger partial charge on any atom is 0.274 e. The maximum atomic E-state index is 12.5. The predicted octanol–water partition coefficient (Wildman–Crippen LogP) is 1.48. The van der Waals surface area contributed by atoms with Crippen molar-refractivity contribution in [3.05, 3.63) is 22.7 Å². The quantitative estimate of drug-likeness (QED) is 0.610. The number of ether oxygens (including phenoxy) is 1. The second kappa shape index (κ2) is 8.53. The molecule has 172 valence electrons. The van der Waals surface area contributed by atoms with Crippen molar-refractivity contribution in [2.75, 3.05) is 13.2 Å². The van der Waals surface area contributed by atoms with Gasteiger partial charge in [0.25, 0.3) is 11.8 Å². The molecular formula is C22H28ClN5O4. The summed E-state index contributed by atoms with van der Waals surface area (Å²) in [6.45, 7) is 0.740. The molecule has 2 saturated heterocycles. The molecule has 1 aromatic carbocycles. The number of likely N-dealkylation sites (tertiary alicyclic amines) is 1. The highest BCUT2D eigenvalue weighted by Gasteiger charge is 2.41. The number of aliphatic hydroxyl groups is 1. The van der Waals surface area contributed by atoms with Crippen molar-refractivity contribution in [2.24, 2.45) is 16.6 Å². The largest absolute Gasteiger partial charge is 0.464 e. The minimum Gasteiger partial charge on any atom is -0.464 e. The summed E-state index contributed by atoms with van der Waals surface area (Å²) in [5.74, 6) is 0.515. The molecule has 4 unspecified atom stereocenters. The van der Waals surface area contributed by atoms with Gasteiger partial charge in [0.2, 0.25) is 12.2 Å². The van der Waals surface area contributed by atoms with Crippen LogP contribution >= 0.6 is 11.6 Å². The van der Waals surface area contributed by atoms with Gasteiger partial charge >= 0.3 is 0 Å². The molecule has 0 spiro atoms. The Morgan fingerprint density at radius 1 is 1.31 bits per heavy atom. The van der Waals surface area contributed by atoms with Crippen molar-refractivity contribution in [3.8, 4) is 5.75 Å². The number of rotatable bonds is 5. The molecule has 10 heteroatoms. The maximum absolute atomic E-state index is 12.5. The van der Waals surface area contributed by atoms with Crippen LogP contribution in [0.25, 0.3) is 0 Å². The van der Waals surface area contributed by atoms with Crippen LogP contribution in [0.2, 0.25) is 5.02 Å². The van der Waals surface area contributed by atoms with Crippen LogP contribution in [0.15, 0.2) is 17.1 Å². The third kappa shape index (κ3) is 3.62. The molecule has 2 amide bonds. The number of amides is 2. The molecular weight excluding hydrogens is 434 g/mol.